The van der Waals surface area contributed by atoms with E-state index < -0.39 is 0 Å². The van der Waals surface area contributed by atoms with E-state index in [2.05, 4.69) is 26.8 Å². The SMILES string of the molecule is CNC(=S)N/N=C\C1=C(N2CCOCC2)C(=Cc2ccc(Cl)cc2)CC1. The smallest absolute Gasteiger partial charge is 0.186 e. The Morgan fingerprint density at radius 1 is 1.23 bits per heavy atom. The molecule has 2 N–H and O–H groups in total. The highest BCUT2D eigenvalue weighted by Gasteiger charge is 2.25. The van der Waals surface area contributed by atoms with E-state index in [9.17, 15) is 0 Å². The minimum absolute atomic E-state index is 0.504. The maximum absolute atomic E-state index is 6.00. The van der Waals surface area contributed by atoms with Crippen molar-refractivity contribution in [1.82, 2.24) is 15.6 Å². The summed E-state index contributed by atoms with van der Waals surface area (Å²) in [6, 6.07) is 7.94. The Morgan fingerprint density at radius 3 is 2.65 bits per heavy atom. The maximum Gasteiger partial charge on any atom is 0.186 e. The van der Waals surface area contributed by atoms with Crippen LogP contribution in [0.4, 0.5) is 0 Å². The molecule has 1 heterocycles. The average molecular weight is 391 g/mol. The molecule has 0 aromatic heterocycles. The number of hydrogen-bond donors (Lipinski definition) is 2. The Bertz CT molecular complexity index is 736. The van der Waals surface area contributed by atoms with Crippen LogP contribution in [0.2, 0.25) is 5.02 Å². The molecule has 7 heteroatoms. The lowest BCUT2D eigenvalue weighted by Crippen LogP contribution is -2.36. The Balaban J connectivity index is 1.88. The number of rotatable bonds is 4. The molecule has 1 saturated heterocycles. The maximum atomic E-state index is 6.00. The first kappa shape index (κ1) is 18.9. The number of morpholine rings is 1. The molecule has 1 aliphatic carbocycles. The normalized spacial score (nSPS) is 19.5. The number of allylic oxidation sites excluding steroid dienone is 2. The van der Waals surface area contributed by atoms with Gasteiger partial charge in [-0.25, -0.2) is 0 Å². The number of nitrogens with one attached hydrogen (secondary N) is 2. The van der Waals surface area contributed by atoms with E-state index in [1.165, 1.54) is 16.8 Å². The molecule has 0 atom stereocenters. The van der Waals surface area contributed by atoms with Crippen molar-refractivity contribution in [2.45, 2.75) is 12.8 Å². The molecular weight excluding hydrogens is 368 g/mol. The average Bonchev–Trinajstić information content (AvgIpc) is 3.06. The van der Waals surface area contributed by atoms with Gasteiger partial charge in [-0.2, -0.15) is 5.10 Å². The molecule has 1 aliphatic heterocycles. The zero-order chi connectivity index (χ0) is 18.4. The zero-order valence-corrected chi connectivity index (χ0v) is 16.4. The van der Waals surface area contributed by atoms with Gasteiger partial charge >= 0.3 is 0 Å². The lowest BCUT2D eigenvalue weighted by Gasteiger charge is -2.31. The van der Waals surface area contributed by atoms with Crippen molar-refractivity contribution in [3.63, 3.8) is 0 Å². The van der Waals surface area contributed by atoms with Gasteiger partial charge in [-0.3, -0.25) is 5.43 Å². The molecule has 1 aromatic rings. The predicted octanol–water partition coefficient (Wildman–Crippen LogP) is 3.18. The molecule has 1 aromatic carbocycles. The van der Waals surface area contributed by atoms with Gasteiger partial charge in [0.2, 0.25) is 0 Å². The van der Waals surface area contributed by atoms with Gasteiger partial charge in [-0.15, -0.1) is 0 Å². The Labute approximate surface area is 164 Å². The van der Waals surface area contributed by atoms with Crippen LogP contribution < -0.4 is 10.7 Å². The molecule has 3 rings (SSSR count). The van der Waals surface area contributed by atoms with Crippen LogP contribution in [0.1, 0.15) is 18.4 Å². The van der Waals surface area contributed by atoms with Crippen LogP contribution in [-0.4, -0.2) is 49.6 Å². The number of halogens is 1. The zero-order valence-electron chi connectivity index (χ0n) is 14.8. The van der Waals surface area contributed by atoms with Crippen LogP contribution in [0.25, 0.3) is 6.08 Å². The van der Waals surface area contributed by atoms with Gasteiger partial charge in [0.15, 0.2) is 5.11 Å². The van der Waals surface area contributed by atoms with Crippen molar-refractivity contribution in [2.24, 2.45) is 5.10 Å². The summed E-state index contributed by atoms with van der Waals surface area (Å²) in [6.45, 7) is 3.30. The fourth-order valence-corrected chi connectivity index (χ4v) is 3.34. The molecule has 138 valence electrons. The molecule has 0 spiro atoms. The van der Waals surface area contributed by atoms with Gasteiger partial charge in [0.1, 0.15) is 0 Å². The van der Waals surface area contributed by atoms with Gasteiger partial charge in [0.05, 0.1) is 19.4 Å². The molecule has 0 unspecified atom stereocenters. The highest BCUT2D eigenvalue weighted by molar-refractivity contribution is 7.80. The summed E-state index contributed by atoms with van der Waals surface area (Å²) in [6.07, 6.45) is 6.08. The van der Waals surface area contributed by atoms with Crippen molar-refractivity contribution < 1.29 is 4.74 Å². The highest BCUT2D eigenvalue weighted by Crippen LogP contribution is 2.35. The Hall–Kier alpha value is -1.89. The highest BCUT2D eigenvalue weighted by atomic mass is 35.5. The van der Waals surface area contributed by atoms with E-state index in [0.29, 0.717) is 5.11 Å². The minimum atomic E-state index is 0.504. The van der Waals surface area contributed by atoms with Crippen LogP contribution >= 0.6 is 23.8 Å². The summed E-state index contributed by atoms with van der Waals surface area (Å²) in [4.78, 5) is 2.40. The Kier molecular flexibility index (Phi) is 6.66. The van der Waals surface area contributed by atoms with E-state index >= 15 is 0 Å². The van der Waals surface area contributed by atoms with Crippen molar-refractivity contribution in [2.75, 3.05) is 33.4 Å². The van der Waals surface area contributed by atoms with Crippen LogP contribution in [0.5, 0.6) is 0 Å². The summed E-state index contributed by atoms with van der Waals surface area (Å²) in [5, 5.41) is 8.39. The second-order valence-corrected chi connectivity index (χ2v) is 6.99. The first-order valence-corrected chi connectivity index (χ1v) is 9.49. The standard InChI is InChI=1S/C19H23ClN4OS/c1-21-19(26)23-22-13-16-5-4-15(12-14-2-6-17(20)7-3-14)18(16)24-8-10-25-11-9-24/h2-3,6-7,12-13H,4-5,8-11H2,1H3,(H2,21,23,26)/b15-12?,22-13-. The van der Waals surface area contributed by atoms with E-state index in [-0.39, 0.29) is 0 Å². The molecule has 0 bridgehead atoms. The van der Waals surface area contributed by atoms with Gasteiger partial charge in [0, 0.05) is 30.9 Å². The first-order valence-electron chi connectivity index (χ1n) is 8.70. The molecule has 0 amide bonds. The molecule has 5 nitrogen and oxygen atoms in total. The third-order valence-corrected chi connectivity index (χ3v) is 4.97. The lowest BCUT2D eigenvalue weighted by molar-refractivity contribution is 0.0548. The molecule has 0 radical (unpaired) electrons. The number of hydrazone groups is 1. The summed E-state index contributed by atoms with van der Waals surface area (Å²) < 4.78 is 5.52. The number of benzene rings is 1. The second-order valence-electron chi connectivity index (χ2n) is 6.14. The predicted molar refractivity (Wildman–Crippen MR) is 111 cm³/mol. The summed E-state index contributed by atoms with van der Waals surface area (Å²) in [7, 11) is 1.77. The van der Waals surface area contributed by atoms with Crippen molar-refractivity contribution in [1.29, 1.82) is 0 Å². The van der Waals surface area contributed by atoms with Crippen molar-refractivity contribution in [3.05, 3.63) is 51.7 Å². The van der Waals surface area contributed by atoms with E-state index in [1.807, 2.05) is 30.5 Å². The summed E-state index contributed by atoms with van der Waals surface area (Å²) >= 11 is 11.1. The number of nitrogens with zero attached hydrogens (tertiary/aromatic N) is 2. The van der Waals surface area contributed by atoms with E-state index in [1.54, 1.807) is 7.05 Å². The lowest BCUT2D eigenvalue weighted by atomic mass is 10.1. The summed E-state index contributed by atoms with van der Waals surface area (Å²) in [5.41, 5.74) is 7.80. The van der Waals surface area contributed by atoms with Gasteiger partial charge in [0.25, 0.3) is 0 Å². The van der Waals surface area contributed by atoms with Crippen LogP contribution in [-0.2, 0) is 4.74 Å². The number of ether oxygens (including phenoxy) is 1. The Morgan fingerprint density at radius 2 is 1.96 bits per heavy atom. The third-order valence-electron chi connectivity index (χ3n) is 4.42. The monoisotopic (exact) mass is 390 g/mol. The largest absolute Gasteiger partial charge is 0.378 e. The quantitative estimate of drug-likeness (QED) is 0.469. The second kappa shape index (κ2) is 9.16. The van der Waals surface area contributed by atoms with Crippen molar-refractivity contribution >= 4 is 41.2 Å². The van der Waals surface area contributed by atoms with Crippen LogP contribution in [0.15, 0.2) is 46.2 Å². The topological polar surface area (TPSA) is 48.9 Å². The van der Waals surface area contributed by atoms with Crippen LogP contribution in [0.3, 0.4) is 0 Å². The van der Waals surface area contributed by atoms with Gasteiger partial charge in [-0.1, -0.05) is 23.7 Å². The van der Waals surface area contributed by atoms with E-state index in [4.69, 9.17) is 28.6 Å². The van der Waals surface area contributed by atoms with E-state index in [0.717, 1.165) is 49.7 Å². The fraction of sp³-hybridized carbons (Fsp3) is 0.368. The molecule has 0 saturated carbocycles. The molecule has 1 fully saturated rings. The first-order chi connectivity index (χ1) is 12.7. The number of thiocarbonyl (C=S) groups is 1. The van der Waals surface area contributed by atoms with Gasteiger partial charge < -0.3 is 15.0 Å². The fourth-order valence-electron chi connectivity index (χ4n) is 3.16. The number of hydrogen-bond acceptors (Lipinski definition) is 4. The summed E-state index contributed by atoms with van der Waals surface area (Å²) in [5.74, 6) is 0. The molecular formula is C19H23ClN4OS. The molecule has 26 heavy (non-hydrogen) atoms. The van der Waals surface area contributed by atoms with Crippen molar-refractivity contribution in [3.8, 4) is 0 Å². The van der Waals surface area contributed by atoms with Gasteiger partial charge in [-0.05, 0) is 60.0 Å². The molecule has 2 aliphatic rings. The minimum Gasteiger partial charge on any atom is -0.378 e. The third kappa shape index (κ3) is 4.84. The van der Waals surface area contributed by atoms with Crippen LogP contribution in [0, 0.1) is 0 Å².